The Labute approximate surface area is 124 Å². The second-order valence-electron chi connectivity index (χ2n) is 4.48. The maximum atomic E-state index is 13.5. The summed E-state index contributed by atoms with van der Waals surface area (Å²) in [5.41, 5.74) is 3.06. The number of nitrogens with zero attached hydrogens (tertiary/aromatic N) is 3. The largest absolute Gasteiger partial charge is 0.327 e. The van der Waals surface area contributed by atoms with E-state index in [1.807, 2.05) is 14.0 Å². The van der Waals surface area contributed by atoms with E-state index in [1.54, 1.807) is 9.25 Å². The average Bonchev–Trinajstić information content (AvgIpc) is 2.90. The third-order valence-corrected chi connectivity index (χ3v) is 3.82. The number of halogens is 2. The molecule has 0 aliphatic carbocycles. The molecule has 0 spiro atoms. The standard InChI is InChI=1S/C13H12ClFN4S/c1-3-9-11-12(18(2)17-9)19(13(20)16-11)10-6-7(15)4-5-8(10)14/h4-6H,3H2,1-2H3,(H,16,20). The third kappa shape index (κ3) is 1.87. The molecule has 7 heteroatoms. The van der Waals surface area contributed by atoms with Crippen LogP contribution >= 0.6 is 23.8 Å². The van der Waals surface area contributed by atoms with Gasteiger partial charge in [-0.25, -0.2) is 9.07 Å². The van der Waals surface area contributed by atoms with Gasteiger partial charge in [-0.1, -0.05) is 18.5 Å². The van der Waals surface area contributed by atoms with Gasteiger partial charge in [0.1, 0.15) is 11.3 Å². The topological polar surface area (TPSA) is 38.5 Å². The monoisotopic (exact) mass is 310 g/mol. The van der Waals surface area contributed by atoms with Crippen LogP contribution in [0.2, 0.25) is 5.02 Å². The van der Waals surface area contributed by atoms with Gasteiger partial charge in [-0.05, 0) is 36.8 Å². The molecule has 0 aliphatic heterocycles. The highest BCUT2D eigenvalue weighted by Crippen LogP contribution is 2.27. The first-order chi connectivity index (χ1) is 9.52. The lowest BCUT2D eigenvalue weighted by molar-refractivity contribution is 0.626. The van der Waals surface area contributed by atoms with Gasteiger partial charge in [0.05, 0.1) is 16.4 Å². The van der Waals surface area contributed by atoms with Crippen LogP contribution in [0.1, 0.15) is 12.6 Å². The number of aromatic nitrogens is 4. The van der Waals surface area contributed by atoms with Crippen molar-refractivity contribution in [2.75, 3.05) is 0 Å². The molecule has 0 saturated carbocycles. The van der Waals surface area contributed by atoms with E-state index in [4.69, 9.17) is 23.8 Å². The molecule has 0 amide bonds. The first-order valence-electron chi connectivity index (χ1n) is 6.15. The van der Waals surface area contributed by atoms with Gasteiger partial charge in [0.15, 0.2) is 10.4 Å². The van der Waals surface area contributed by atoms with Gasteiger partial charge < -0.3 is 4.98 Å². The molecule has 0 aliphatic rings. The summed E-state index contributed by atoms with van der Waals surface area (Å²) in [5, 5.41) is 4.86. The Morgan fingerprint density at radius 2 is 2.20 bits per heavy atom. The van der Waals surface area contributed by atoms with E-state index in [2.05, 4.69) is 10.1 Å². The van der Waals surface area contributed by atoms with E-state index in [9.17, 15) is 4.39 Å². The van der Waals surface area contributed by atoms with Crippen molar-refractivity contribution in [2.45, 2.75) is 13.3 Å². The fourth-order valence-electron chi connectivity index (χ4n) is 2.34. The van der Waals surface area contributed by atoms with Crippen LogP contribution in [0.3, 0.4) is 0 Å². The van der Waals surface area contributed by atoms with Gasteiger partial charge in [-0.2, -0.15) is 5.10 Å². The quantitative estimate of drug-likeness (QED) is 0.732. The molecule has 0 radical (unpaired) electrons. The minimum absolute atomic E-state index is 0.362. The second-order valence-corrected chi connectivity index (χ2v) is 5.28. The predicted molar refractivity (Wildman–Crippen MR) is 79.6 cm³/mol. The second kappa shape index (κ2) is 4.71. The summed E-state index contributed by atoms with van der Waals surface area (Å²) < 4.78 is 17.4. The number of hydrogen-bond donors (Lipinski definition) is 1. The van der Waals surface area contributed by atoms with Gasteiger partial charge in [0.2, 0.25) is 0 Å². The highest BCUT2D eigenvalue weighted by atomic mass is 35.5. The van der Waals surface area contributed by atoms with Crippen molar-refractivity contribution in [1.29, 1.82) is 0 Å². The lowest BCUT2D eigenvalue weighted by Crippen LogP contribution is -2.02. The summed E-state index contributed by atoms with van der Waals surface area (Å²) in [6, 6.07) is 4.20. The van der Waals surface area contributed by atoms with Gasteiger partial charge in [-0.15, -0.1) is 0 Å². The van der Waals surface area contributed by atoms with Crippen molar-refractivity contribution >= 4 is 35.0 Å². The van der Waals surface area contributed by atoms with Crippen LogP contribution in [0.4, 0.5) is 4.39 Å². The Bertz CT molecular complexity index is 861. The molecule has 0 bridgehead atoms. The van der Waals surface area contributed by atoms with Gasteiger partial charge >= 0.3 is 0 Å². The fraction of sp³-hybridized carbons (Fsp3) is 0.231. The first kappa shape index (κ1) is 13.3. The third-order valence-electron chi connectivity index (χ3n) is 3.22. The molecule has 104 valence electrons. The van der Waals surface area contributed by atoms with Crippen LogP contribution in [-0.2, 0) is 13.5 Å². The van der Waals surface area contributed by atoms with E-state index in [0.717, 1.165) is 23.3 Å². The van der Waals surface area contributed by atoms with Gasteiger partial charge in [-0.3, -0.25) is 4.57 Å². The average molecular weight is 311 g/mol. The van der Waals surface area contributed by atoms with Crippen molar-refractivity contribution in [3.05, 3.63) is 39.5 Å². The van der Waals surface area contributed by atoms with Crippen LogP contribution < -0.4 is 0 Å². The fourth-order valence-corrected chi connectivity index (χ4v) is 2.83. The maximum absolute atomic E-state index is 13.5. The van der Waals surface area contributed by atoms with E-state index in [0.29, 0.717) is 15.5 Å². The predicted octanol–water partition coefficient (Wildman–Crippen LogP) is 3.78. The summed E-state index contributed by atoms with van der Waals surface area (Å²) in [7, 11) is 1.83. The zero-order valence-electron chi connectivity index (χ0n) is 10.9. The van der Waals surface area contributed by atoms with Crippen molar-refractivity contribution in [3.63, 3.8) is 0 Å². The molecule has 0 unspecified atom stereocenters. The van der Waals surface area contributed by atoms with E-state index in [1.165, 1.54) is 18.2 Å². The lowest BCUT2D eigenvalue weighted by atomic mass is 10.3. The molecule has 3 aromatic rings. The maximum Gasteiger partial charge on any atom is 0.184 e. The van der Waals surface area contributed by atoms with Crippen LogP contribution in [0.5, 0.6) is 0 Å². The Hall–Kier alpha value is -1.66. The van der Waals surface area contributed by atoms with Crippen molar-refractivity contribution in [2.24, 2.45) is 7.05 Å². The van der Waals surface area contributed by atoms with E-state index < -0.39 is 0 Å². The zero-order chi connectivity index (χ0) is 14.4. The van der Waals surface area contributed by atoms with Crippen LogP contribution in [-0.4, -0.2) is 19.3 Å². The normalized spacial score (nSPS) is 11.4. The molecule has 0 fully saturated rings. The molecule has 0 saturated heterocycles. The Morgan fingerprint density at radius 3 is 2.90 bits per heavy atom. The van der Waals surface area contributed by atoms with Gasteiger partial charge in [0.25, 0.3) is 0 Å². The Kier molecular flexibility index (Phi) is 3.14. The van der Waals surface area contributed by atoms with Crippen molar-refractivity contribution < 1.29 is 4.39 Å². The molecule has 20 heavy (non-hydrogen) atoms. The number of hydrogen-bond acceptors (Lipinski definition) is 2. The minimum atomic E-state index is -0.362. The zero-order valence-corrected chi connectivity index (χ0v) is 12.5. The minimum Gasteiger partial charge on any atom is -0.327 e. The van der Waals surface area contributed by atoms with Crippen LogP contribution in [0, 0.1) is 10.6 Å². The summed E-state index contributed by atoms with van der Waals surface area (Å²) in [6.07, 6.45) is 0.781. The number of nitrogens with one attached hydrogen (secondary N) is 1. The summed E-state index contributed by atoms with van der Waals surface area (Å²) in [4.78, 5) is 3.13. The lowest BCUT2D eigenvalue weighted by Gasteiger charge is -2.07. The number of imidazole rings is 1. The molecular weight excluding hydrogens is 299 g/mol. The molecule has 1 N–H and O–H groups in total. The first-order valence-corrected chi connectivity index (χ1v) is 6.93. The molecule has 2 aromatic heterocycles. The number of benzene rings is 1. The highest BCUT2D eigenvalue weighted by Gasteiger charge is 2.17. The van der Waals surface area contributed by atoms with E-state index >= 15 is 0 Å². The van der Waals surface area contributed by atoms with Crippen LogP contribution in [0.25, 0.3) is 16.9 Å². The molecule has 4 nitrogen and oxygen atoms in total. The molecule has 2 heterocycles. The Balaban J connectivity index is 2.42. The number of H-pyrrole nitrogens is 1. The van der Waals surface area contributed by atoms with Crippen molar-refractivity contribution in [1.82, 2.24) is 19.3 Å². The molecule has 0 atom stereocenters. The molecule has 1 aromatic carbocycles. The number of aromatic amines is 1. The number of fused-ring (bicyclic) bond motifs is 1. The van der Waals surface area contributed by atoms with Crippen LogP contribution in [0.15, 0.2) is 18.2 Å². The summed E-state index contributed by atoms with van der Waals surface area (Å²) >= 11 is 11.5. The molecular formula is C13H12ClFN4S. The van der Waals surface area contributed by atoms with Crippen molar-refractivity contribution in [3.8, 4) is 5.69 Å². The smallest absolute Gasteiger partial charge is 0.184 e. The summed E-state index contributed by atoms with van der Waals surface area (Å²) in [5.74, 6) is -0.362. The number of rotatable bonds is 2. The summed E-state index contributed by atoms with van der Waals surface area (Å²) in [6.45, 7) is 2.02. The van der Waals surface area contributed by atoms with Gasteiger partial charge in [0, 0.05) is 7.05 Å². The highest BCUT2D eigenvalue weighted by molar-refractivity contribution is 7.71. The number of aryl methyl sites for hydroxylation is 2. The van der Waals surface area contributed by atoms with E-state index in [-0.39, 0.29) is 5.82 Å². The SMILES string of the molecule is CCc1nn(C)c2c1[nH]c(=S)n2-c1cc(F)ccc1Cl. The molecule has 3 rings (SSSR count). The Morgan fingerprint density at radius 1 is 1.45 bits per heavy atom.